The average molecular weight is 344 g/mol. The molecule has 1 heterocycles. The molecule has 0 spiro atoms. The SMILES string of the molecule is COc1cc2c(cc1S(=O)(=O)NCCCC(=O)O)OCC(=O)N2. The molecule has 10 heteroatoms. The first-order valence-electron chi connectivity index (χ1n) is 6.69. The predicted octanol–water partition coefficient (Wildman–Crippen LogP) is 0.169. The highest BCUT2D eigenvalue weighted by molar-refractivity contribution is 7.89. The number of aliphatic carboxylic acids is 1. The van der Waals surface area contributed by atoms with E-state index < -0.39 is 16.0 Å². The summed E-state index contributed by atoms with van der Waals surface area (Å²) < 4.78 is 37.2. The predicted molar refractivity (Wildman–Crippen MR) is 79.2 cm³/mol. The summed E-state index contributed by atoms with van der Waals surface area (Å²) in [5.74, 6) is -1.08. The minimum absolute atomic E-state index is 0.0214. The van der Waals surface area contributed by atoms with Gasteiger partial charge in [0.25, 0.3) is 5.91 Å². The molecule has 0 unspecified atom stereocenters. The summed E-state index contributed by atoms with van der Waals surface area (Å²) in [5.41, 5.74) is 0.322. The van der Waals surface area contributed by atoms with Crippen molar-refractivity contribution in [2.45, 2.75) is 17.7 Å². The second-order valence-electron chi connectivity index (χ2n) is 4.73. The maximum Gasteiger partial charge on any atom is 0.303 e. The van der Waals surface area contributed by atoms with Crippen LogP contribution in [0.5, 0.6) is 11.5 Å². The van der Waals surface area contributed by atoms with Crippen LogP contribution >= 0.6 is 0 Å². The van der Waals surface area contributed by atoms with E-state index in [1.165, 1.54) is 19.2 Å². The summed E-state index contributed by atoms with van der Waals surface area (Å²) in [5, 5.41) is 11.1. The molecule has 0 aromatic heterocycles. The number of carbonyl (C=O) groups is 2. The van der Waals surface area contributed by atoms with E-state index >= 15 is 0 Å². The zero-order valence-corrected chi connectivity index (χ0v) is 13.1. The van der Waals surface area contributed by atoms with Crippen molar-refractivity contribution in [1.29, 1.82) is 0 Å². The van der Waals surface area contributed by atoms with E-state index in [-0.39, 0.29) is 48.3 Å². The molecule has 1 aromatic rings. The highest BCUT2D eigenvalue weighted by Crippen LogP contribution is 2.37. The molecule has 0 saturated carbocycles. The fraction of sp³-hybridized carbons (Fsp3) is 0.385. The summed E-state index contributed by atoms with van der Waals surface area (Å²) in [7, 11) is -2.61. The van der Waals surface area contributed by atoms with Crippen molar-refractivity contribution in [3.63, 3.8) is 0 Å². The Balaban J connectivity index is 2.23. The van der Waals surface area contributed by atoms with Crippen molar-refractivity contribution in [2.75, 3.05) is 25.6 Å². The van der Waals surface area contributed by atoms with E-state index in [0.717, 1.165) is 0 Å². The minimum Gasteiger partial charge on any atom is -0.495 e. The monoisotopic (exact) mass is 344 g/mol. The normalized spacial score (nSPS) is 13.7. The van der Waals surface area contributed by atoms with Crippen LogP contribution in [0.25, 0.3) is 0 Å². The van der Waals surface area contributed by atoms with Gasteiger partial charge in [0.1, 0.15) is 16.4 Å². The van der Waals surface area contributed by atoms with Gasteiger partial charge in [-0.15, -0.1) is 0 Å². The van der Waals surface area contributed by atoms with Gasteiger partial charge in [0, 0.05) is 25.1 Å². The number of anilines is 1. The van der Waals surface area contributed by atoms with Gasteiger partial charge in [0.15, 0.2) is 6.61 Å². The van der Waals surface area contributed by atoms with Crippen LogP contribution in [0.4, 0.5) is 5.69 Å². The highest BCUT2D eigenvalue weighted by atomic mass is 32.2. The molecule has 0 fully saturated rings. The van der Waals surface area contributed by atoms with Crippen LogP contribution in [0.15, 0.2) is 17.0 Å². The molecule has 9 nitrogen and oxygen atoms in total. The number of amides is 1. The topological polar surface area (TPSA) is 131 Å². The summed E-state index contributed by atoms with van der Waals surface area (Å²) in [6, 6.07) is 2.62. The van der Waals surface area contributed by atoms with Gasteiger partial charge in [-0.1, -0.05) is 0 Å². The summed E-state index contributed by atoms with van der Waals surface area (Å²) in [6.07, 6.45) is 0.0212. The van der Waals surface area contributed by atoms with Gasteiger partial charge in [-0.25, -0.2) is 13.1 Å². The maximum absolute atomic E-state index is 12.3. The number of hydrogen-bond donors (Lipinski definition) is 3. The Morgan fingerprint density at radius 2 is 2.22 bits per heavy atom. The van der Waals surface area contributed by atoms with Crippen molar-refractivity contribution in [1.82, 2.24) is 4.72 Å². The number of carbonyl (C=O) groups excluding carboxylic acids is 1. The first-order chi connectivity index (χ1) is 10.8. The molecule has 0 bridgehead atoms. The third-order valence-electron chi connectivity index (χ3n) is 3.05. The number of sulfonamides is 1. The van der Waals surface area contributed by atoms with Crippen LogP contribution < -0.4 is 19.5 Å². The lowest BCUT2D eigenvalue weighted by molar-refractivity contribution is -0.137. The van der Waals surface area contributed by atoms with Crippen molar-refractivity contribution in [3.05, 3.63) is 12.1 Å². The minimum atomic E-state index is -3.91. The van der Waals surface area contributed by atoms with Crippen LogP contribution in [-0.2, 0) is 19.6 Å². The number of carboxylic acids is 1. The van der Waals surface area contributed by atoms with E-state index in [1.807, 2.05) is 0 Å². The van der Waals surface area contributed by atoms with E-state index in [0.29, 0.717) is 5.69 Å². The quantitative estimate of drug-likeness (QED) is 0.601. The Morgan fingerprint density at radius 3 is 2.87 bits per heavy atom. The second kappa shape index (κ2) is 6.84. The Bertz CT molecular complexity index is 730. The van der Waals surface area contributed by atoms with Crippen LogP contribution in [0.2, 0.25) is 0 Å². The van der Waals surface area contributed by atoms with Crippen LogP contribution in [0, 0.1) is 0 Å². The number of carboxylic acid groups (broad SMARTS) is 1. The molecule has 1 aliphatic heterocycles. The van der Waals surface area contributed by atoms with Gasteiger partial charge in [-0.3, -0.25) is 9.59 Å². The molecular weight excluding hydrogens is 328 g/mol. The van der Waals surface area contributed by atoms with Crippen molar-refractivity contribution < 1.29 is 32.6 Å². The van der Waals surface area contributed by atoms with E-state index in [2.05, 4.69) is 10.0 Å². The number of fused-ring (bicyclic) bond motifs is 1. The molecular formula is C13H16N2O7S. The number of methoxy groups -OCH3 is 1. The Hall–Kier alpha value is -2.33. The third-order valence-corrected chi connectivity index (χ3v) is 4.53. The Labute approximate surface area is 132 Å². The molecule has 0 atom stereocenters. The fourth-order valence-corrected chi connectivity index (χ4v) is 3.22. The van der Waals surface area contributed by atoms with Crippen LogP contribution in [-0.4, -0.2) is 45.7 Å². The molecule has 1 aliphatic rings. The van der Waals surface area contributed by atoms with Gasteiger partial charge in [-0.2, -0.15) is 0 Å². The first kappa shape index (κ1) is 17.0. The summed E-state index contributed by atoms with van der Waals surface area (Å²) in [6.45, 7) is -0.225. The van der Waals surface area contributed by atoms with Gasteiger partial charge in [-0.05, 0) is 6.42 Å². The standard InChI is InChI=1S/C13H16N2O7S/c1-21-10-5-8-9(22-7-12(16)15-8)6-11(10)23(19,20)14-4-2-3-13(17)18/h5-6,14H,2-4,7H2,1H3,(H,15,16)(H,17,18). The maximum atomic E-state index is 12.3. The zero-order chi connectivity index (χ0) is 17.0. The van der Waals surface area contributed by atoms with Crippen molar-refractivity contribution >= 4 is 27.6 Å². The molecule has 23 heavy (non-hydrogen) atoms. The molecule has 1 amide bonds. The lowest BCUT2D eigenvalue weighted by atomic mass is 10.2. The number of hydrogen-bond acceptors (Lipinski definition) is 6. The fourth-order valence-electron chi connectivity index (χ4n) is 1.98. The number of benzene rings is 1. The summed E-state index contributed by atoms with van der Waals surface area (Å²) in [4.78, 5) is 21.6. The largest absolute Gasteiger partial charge is 0.495 e. The van der Waals surface area contributed by atoms with Gasteiger partial charge in [0.2, 0.25) is 10.0 Å². The summed E-state index contributed by atoms with van der Waals surface area (Å²) >= 11 is 0. The molecule has 1 aromatic carbocycles. The lowest BCUT2D eigenvalue weighted by Crippen LogP contribution is -2.28. The molecule has 0 radical (unpaired) electrons. The van der Waals surface area contributed by atoms with Gasteiger partial charge >= 0.3 is 5.97 Å². The van der Waals surface area contributed by atoms with Crippen LogP contribution in [0.3, 0.4) is 0 Å². The van der Waals surface area contributed by atoms with Crippen molar-refractivity contribution in [3.8, 4) is 11.5 Å². The average Bonchev–Trinajstić information content (AvgIpc) is 2.50. The smallest absolute Gasteiger partial charge is 0.303 e. The zero-order valence-electron chi connectivity index (χ0n) is 12.3. The molecule has 0 aliphatic carbocycles. The van der Waals surface area contributed by atoms with E-state index in [4.69, 9.17) is 14.6 Å². The first-order valence-corrected chi connectivity index (χ1v) is 8.18. The van der Waals surface area contributed by atoms with Crippen LogP contribution in [0.1, 0.15) is 12.8 Å². The Kier molecular flexibility index (Phi) is 5.06. The van der Waals surface area contributed by atoms with Crippen molar-refractivity contribution in [2.24, 2.45) is 0 Å². The molecule has 126 valence electrons. The molecule has 0 saturated heterocycles. The number of ether oxygens (including phenoxy) is 2. The number of nitrogens with one attached hydrogen (secondary N) is 2. The molecule has 2 rings (SSSR count). The Morgan fingerprint density at radius 1 is 1.48 bits per heavy atom. The highest BCUT2D eigenvalue weighted by Gasteiger charge is 2.25. The van der Waals surface area contributed by atoms with E-state index in [9.17, 15) is 18.0 Å². The second-order valence-corrected chi connectivity index (χ2v) is 6.47. The van der Waals surface area contributed by atoms with Gasteiger partial charge < -0.3 is 19.9 Å². The lowest BCUT2D eigenvalue weighted by Gasteiger charge is -2.20. The number of rotatable bonds is 7. The molecule has 3 N–H and O–H groups in total. The van der Waals surface area contributed by atoms with E-state index in [1.54, 1.807) is 0 Å². The van der Waals surface area contributed by atoms with Gasteiger partial charge in [0.05, 0.1) is 12.8 Å². The third kappa shape index (κ3) is 4.11.